The summed E-state index contributed by atoms with van der Waals surface area (Å²) in [5.41, 5.74) is 2.49. The number of aryl methyl sites for hydroxylation is 2. The van der Waals surface area contributed by atoms with Gasteiger partial charge in [0.25, 0.3) is 5.91 Å². The zero-order chi connectivity index (χ0) is 38.4. The number of hydrogen-bond acceptors (Lipinski definition) is 10. The number of esters is 2. The molecular formula is C40H48FN5O8. The first-order valence-electron chi connectivity index (χ1n) is 18.8. The minimum atomic E-state index is -1.51. The van der Waals surface area contributed by atoms with E-state index in [9.17, 15) is 28.4 Å². The molecule has 13 nitrogen and oxygen atoms in total. The SMILES string of the molecule is CCCCOC(=O)CN(CC(=O)OCCCC)C1CC(N(Cc2ccc(F)cc2)C(=O)CN2C(=O)OC3(CCc4cc(-c5cnn(C)c5)ccc43)C2=O)C1. The van der Waals surface area contributed by atoms with Gasteiger partial charge in [0.1, 0.15) is 12.4 Å². The molecule has 2 aromatic carbocycles. The molecule has 6 rings (SSSR count). The van der Waals surface area contributed by atoms with Crippen molar-refractivity contribution < 1.29 is 42.6 Å². The minimum Gasteiger partial charge on any atom is -0.465 e. The van der Waals surface area contributed by atoms with E-state index in [2.05, 4.69) is 5.10 Å². The van der Waals surface area contributed by atoms with E-state index in [0.29, 0.717) is 30.4 Å². The number of hydrogen-bond donors (Lipinski definition) is 0. The molecule has 0 radical (unpaired) electrons. The van der Waals surface area contributed by atoms with E-state index < -0.39 is 47.8 Å². The Kier molecular flexibility index (Phi) is 12.1. The molecule has 1 aromatic heterocycles. The third kappa shape index (κ3) is 8.48. The number of carbonyl (C=O) groups excluding carboxylic acids is 5. The van der Waals surface area contributed by atoms with Gasteiger partial charge in [-0.2, -0.15) is 5.10 Å². The van der Waals surface area contributed by atoms with E-state index in [4.69, 9.17) is 14.2 Å². The normalized spacial score (nSPS) is 20.2. The van der Waals surface area contributed by atoms with E-state index in [0.717, 1.165) is 47.3 Å². The number of amides is 3. The Hall–Kier alpha value is -5.11. The Morgan fingerprint density at radius 1 is 0.944 bits per heavy atom. The lowest BCUT2D eigenvalue weighted by atomic mass is 9.83. The molecule has 1 spiro atoms. The van der Waals surface area contributed by atoms with Crippen LogP contribution in [0.1, 0.15) is 75.5 Å². The fourth-order valence-electron chi connectivity index (χ4n) is 7.35. The summed E-state index contributed by atoms with van der Waals surface area (Å²) in [4.78, 5) is 71.2. The van der Waals surface area contributed by atoms with E-state index in [-0.39, 0.29) is 51.4 Å². The predicted molar refractivity (Wildman–Crippen MR) is 194 cm³/mol. The first-order valence-corrected chi connectivity index (χ1v) is 18.8. The van der Waals surface area contributed by atoms with Crippen molar-refractivity contribution in [3.63, 3.8) is 0 Å². The standard InChI is InChI=1S/C40H48FN5O8/c1-4-6-16-52-36(48)25-44(26-37(49)53-17-7-5-2)32-19-33(20-32)45(22-27-8-11-31(41)12-9-27)35(47)24-46-38(50)40(54-39(46)51)15-14-29-18-28(10-13-34(29)40)30-21-42-43(3)23-30/h8-13,18,21,23,32-33H,4-7,14-17,19-20,22,24-26H2,1-3H3. The number of rotatable bonds is 17. The third-order valence-corrected chi connectivity index (χ3v) is 10.5. The van der Waals surface area contributed by atoms with E-state index in [1.54, 1.807) is 38.9 Å². The molecule has 2 heterocycles. The molecule has 2 aliphatic carbocycles. The molecule has 54 heavy (non-hydrogen) atoms. The van der Waals surface area contributed by atoms with Crippen LogP contribution in [0, 0.1) is 5.82 Å². The van der Waals surface area contributed by atoms with Gasteiger partial charge in [-0.25, -0.2) is 14.1 Å². The second-order valence-electron chi connectivity index (χ2n) is 14.3. The number of nitrogens with zero attached hydrogens (tertiary/aromatic N) is 5. The van der Waals surface area contributed by atoms with E-state index in [1.165, 1.54) is 12.1 Å². The van der Waals surface area contributed by atoms with Crippen LogP contribution in [0.25, 0.3) is 11.1 Å². The van der Waals surface area contributed by atoms with Crippen LogP contribution in [0.3, 0.4) is 0 Å². The Morgan fingerprint density at radius 2 is 1.61 bits per heavy atom. The molecule has 1 unspecified atom stereocenters. The lowest BCUT2D eigenvalue weighted by molar-refractivity contribution is -0.153. The summed E-state index contributed by atoms with van der Waals surface area (Å²) >= 11 is 0. The van der Waals surface area contributed by atoms with Gasteiger partial charge >= 0.3 is 18.0 Å². The van der Waals surface area contributed by atoms with Crippen molar-refractivity contribution in [2.45, 2.75) is 89.4 Å². The van der Waals surface area contributed by atoms with Crippen LogP contribution in [0.5, 0.6) is 0 Å². The second kappa shape index (κ2) is 16.9. The van der Waals surface area contributed by atoms with Crippen molar-refractivity contribution in [2.24, 2.45) is 7.05 Å². The number of benzene rings is 2. The monoisotopic (exact) mass is 745 g/mol. The number of aromatic nitrogens is 2. The fourth-order valence-corrected chi connectivity index (χ4v) is 7.35. The highest BCUT2D eigenvalue weighted by atomic mass is 19.1. The summed E-state index contributed by atoms with van der Waals surface area (Å²) < 4.78 is 32.1. The van der Waals surface area contributed by atoms with Gasteiger partial charge in [-0.05, 0) is 60.9 Å². The number of halogens is 1. The third-order valence-electron chi connectivity index (χ3n) is 10.5. The maximum Gasteiger partial charge on any atom is 0.418 e. The van der Waals surface area contributed by atoms with Crippen LogP contribution >= 0.6 is 0 Å². The molecule has 1 aliphatic heterocycles. The van der Waals surface area contributed by atoms with Crippen LogP contribution in [-0.2, 0) is 59.0 Å². The van der Waals surface area contributed by atoms with Crippen LogP contribution in [0.4, 0.5) is 9.18 Å². The average molecular weight is 746 g/mol. The summed E-state index contributed by atoms with van der Waals surface area (Å²) in [6.07, 6.45) is 7.54. The molecule has 3 aromatic rings. The smallest absolute Gasteiger partial charge is 0.418 e. The number of unbranched alkanes of at least 4 members (excludes halogenated alkanes) is 2. The van der Waals surface area contributed by atoms with Gasteiger partial charge < -0.3 is 19.1 Å². The van der Waals surface area contributed by atoms with Gasteiger partial charge in [0.15, 0.2) is 0 Å². The Morgan fingerprint density at radius 3 is 2.22 bits per heavy atom. The number of ether oxygens (including phenoxy) is 3. The van der Waals surface area contributed by atoms with Crippen LogP contribution in [0.15, 0.2) is 54.9 Å². The predicted octanol–water partition coefficient (Wildman–Crippen LogP) is 4.89. The molecular weight excluding hydrogens is 697 g/mol. The summed E-state index contributed by atoms with van der Waals surface area (Å²) in [7, 11) is 1.83. The largest absolute Gasteiger partial charge is 0.465 e. The fraction of sp³-hybridized carbons (Fsp3) is 0.500. The van der Waals surface area contributed by atoms with Crippen LogP contribution < -0.4 is 0 Å². The lowest BCUT2D eigenvalue weighted by Gasteiger charge is -2.47. The molecule has 1 saturated carbocycles. The van der Waals surface area contributed by atoms with Gasteiger partial charge in [-0.3, -0.25) is 28.8 Å². The van der Waals surface area contributed by atoms with Gasteiger partial charge in [0.05, 0.1) is 32.5 Å². The highest BCUT2D eigenvalue weighted by molar-refractivity contribution is 6.06. The number of fused-ring (bicyclic) bond motifs is 2. The molecule has 0 N–H and O–H groups in total. The van der Waals surface area contributed by atoms with Gasteiger partial charge in [-0.15, -0.1) is 0 Å². The number of imide groups is 1. The summed E-state index contributed by atoms with van der Waals surface area (Å²) in [5.74, 6) is -2.40. The van der Waals surface area contributed by atoms with E-state index >= 15 is 0 Å². The van der Waals surface area contributed by atoms with Crippen LogP contribution in [-0.4, -0.2) is 99.3 Å². The van der Waals surface area contributed by atoms with Gasteiger partial charge in [-0.1, -0.05) is 57.0 Å². The molecule has 2 fully saturated rings. The zero-order valence-electron chi connectivity index (χ0n) is 31.1. The lowest BCUT2D eigenvalue weighted by Crippen LogP contribution is -2.58. The average Bonchev–Trinajstić information content (AvgIpc) is 3.79. The van der Waals surface area contributed by atoms with Crippen LogP contribution in [0.2, 0.25) is 0 Å². The van der Waals surface area contributed by atoms with Crippen molar-refractivity contribution >= 4 is 29.8 Å². The maximum atomic E-state index is 14.2. The highest BCUT2D eigenvalue weighted by Crippen LogP contribution is 2.46. The molecule has 1 atom stereocenters. The molecule has 3 aliphatic rings. The first-order chi connectivity index (χ1) is 26.0. The molecule has 288 valence electrons. The van der Waals surface area contributed by atoms with Crippen molar-refractivity contribution in [2.75, 3.05) is 32.8 Å². The molecule has 14 heteroatoms. The molecule has 1 saturated heterocycles. The second-order valence-corrected chi connectivity index (χ2v) is 14.3. The zero-order valence-corrected chi connectivity index (χ0v) is 31.1. The molecule has 0 bridgehead atoms. The van der Waals surface area contributed by atoms with Gasteiger partial charge in [0.2, 0.25) is 11.5 Å². The van der Waals surface area contributed by atoms with Crippen molar-refractivity contribution in [3.05, 3.63) is 77.4 Å². The minimum absolute atomic E-state index is 0.0940. The number of carbonyl (C=O) groups is 5. The van der Waals surface area contributed by atoms with E-state index in [1.807, 2.05) is 39.2 Å². The highest BCUT2D eigenvalue weighted by Gasteiger charge is 2.58. The Bertz CT molecular complexity index is 1830. The quantitative estimate of drug-likeness (QED) is 0.107. The van der Waals surface area contributed by atoms with Crippen molar-refractivity contribution in [1.29, 1.82) is 0 Å². The summed E-state index contributed by atoms with van der Waals surface area (Å²) in [6.45, 7) is 3.89. The first kappa shape index (κ1) is 38.6. The topological polar surface area (TPSA) is 141 Å². The van der Waals surface area contributed by atoms with Crippen molar-refractivity contribution in [3.8, 4) is 11.1 Å². The van der Waals surface area contributed by atoms with Crippen molar-refractivity contribution in [1.82, 2.24) is 24.5 Å². The summed E-state index contributed by atoms with van der Waals surface area (Å²) in [5, 5.41) is 4.24. The Balaban J connectivity index is 1.17. The maximum absolute atomic E-state index is 14.2. The van der Waals surface area contributed by atoms with Gasteiger partial charge in [0, 0.05) is 49.4 Å². The molecule has 3 amide bonds. The Labute approximate surface area is 314 Å². The summed E-state index contributed by atoms with van der Waals surface area (Å²) in [6, 6.07) is 10.8.